The number of terminal acetylenes is 1. The van der Waals surface area contributed by atoms with E-state index in [4.69, 9.17) is 20.6 Å². The van der Waals surface area contributed by atoms with E-state index in [9.17, 15) is 4.79 Å². The maximum atomic E-state index is 11.1. The van der Waals surface area contributed by atoms with Gasteiger partial charge in [0, 0.05) is 36.9 Å². The molecule has 1 heterocycles. The van der Waals surface area contributed by atoms with E-state index in [1.54, 1.807) is 0 Å². The van der Waals surface area contributed by atoms with Crippen molar-refractivity contribution in [3.63, 3.8) is 0 Å². The van der Waals surface area contributed by atoms with E-state index in [1.807, 2.05) is 0 Å². The topological polar surface area (TPSA) is 68.8 Å². The maximum absolute atomic E-state index is 11.1. The van der Waals surface area contributed by atoms with Gasteiger partial charge in [-0.15, -0.1) is 6.42 Å². The van der Waals surface area contributed by atoms with Gasteiger partial charge in [-0.1, -0.05) is 6.58 Å². The summed E-state index contributed by atoms with van der Waals surface area (Å²) in [7, 11) is 0. The minimum Gasteiger partial charge on any atom is -0.443 e. The van der Waals surface area contributed by atoms with Gasteiger partial charge in [0.05, 0.1) is 12.3 Å². The molecule has 0 spiro atoms. The monoisotopic (exact) mass is 462 g/mol. The first-order valence-electron chi connectivity index (χ1n) is 12.2. The highest BCUT2D eigenvalue weighted by atomic mass is 16.7. The molecular weight excluding hydrogens is 428 g/mol. The summed E-state index contributed by atoms with van der Waals surface area (Å²) >= 11 is 0. The smallest absolute Gasteiger partial charge is 0.332 e. The molecule has 0 amide bonds. The van der Waals surface area contributed by atoms with Gasteiger partial charge in [0.1, 0.15) is 12.2 Å². The van der Waals surface area contributed by atoms with Crippen molar-refractivity contribution in [2.24, 2.45) is 17.8 Å². The molecule has 0 unspecified atom stereocenters. The lowest BCUT2D eigenvalue weighted by Crippen LogP contribution is -2.58. The van der Waals surface area contributed by atoms with Gasteiger partial charge in [-0.25, -0.2) is 4.79 Å². The van der Waals surface area contributed by atoms with Crippen LogP contribution in [0.1, 0.15) is 51.4 Å². The Kier molecular flexibility index (Phi) is 10.9. The van der Waals surface area contributed by atoms with E-state index < -0.39 is 5.97 Å². The molecule has 2 aliphatic carbocycles. The highest BCUT2D eigenvalue weighted by Gasteiger charge is 2.34. The summed E-state index contributed by atoms with van der Waals surface area (Å²) in [4.78, 5) is 11.1. The van der Waals surface area contributed by atoms with E-state index in [0.29, 0.717) is 18.0 Å². The number of nitrogens with one attached hydrogen (secondary N) is 2. The lowest BCUT2D eigenvalue weighted by atomic mass is 9.77. The lowest BCUT2D eigenvalue weighted by molar-refractivity contribution is -0.157. The van der Waals surface area contributed by atoms with Gasteiger partial charge >= 0.3 is 5.97 Å². The van der Waals surface area contributed by atoms with E-state index in [2.05, 4.69) is 58.8 Å². The van der Waals surface area contributed by atoms with Crippen LogP contribution < -0.4 is 10.6 Å². The standard InChI is InChI=1S/C28H34N2O4/c1-3-5-6-7-8-9-18-32-25-14-10-22(11-15-25)24-19-29-28(30-20-24)23-12-16-26(17-13-23)33-21-34-27(31)4-2/h1,4,22-26,28-30H,2,10-17,19-21H2. The van der Waals surface area contributed by atoms with Crippen LogP contribution in [0, 0.1) is 65.8 Å². The normalized spacial score (nSPS) is 30.4. The molecule has 0 aromatic carbocycles. The van der Waals surface area contributed by atoms with Crippen molar-refractivity contribution >= 4 is 5.97 Å². The van der Waals surface area contributed by atoms with E-state index in [1.165, 1.54) is 12.8 Å². The third-order valence-electron chi connectivity index (χ3n) is 7.05. The van der Waals surface area contributed by atoms with Crippen LogP contribution in [-0.4, -0.2) is 44.2 Å². The Labute approximate surface area is 203 Å². The van der Waals surface area contributed by atoms with Crippen LogP contribution in [0.2, 0.25) is 0 Å². The van der Waals surface area contributed by atoms with Crippen LogP contribution >= 0.6 is 0 Å². The Morgan fingerprint density at radius 1 is 0.853 bits per heavy atom. The Hall–Kier alpha value is -2.87. The van der Waals surface area contributed by atoms with Crippen LogP contribution in [-0.2, 0) is 19.0 Å². The van der Waals surface area contributed by atoms with Gasteiger partial charge in [0.15, 0.2) is 6.79 Å². The summed E-state index contributed by atoms with van der Waals surface area (Å²) in [5.41, 5.74) is 0. The fourth-order valence-electron chi connectivity index (χ4n) is 5.15. The zero-order chi connectivity index (χ0) is 24.0. The molecule has 34 heavy (non-hydrogen) atoms. The van der Waals surface area contributed by atoms with Crippen LogP contribution in [0.3, 0.4) is 0 Å². The first kappa shape index (κ1) is 25.7. The Morgan fingerprint density at radius 2 is 1.47 bits per heavy atom. The van der Waals surface area contributed by atoms with Crippen molar-refractivity contribution in [2.75, 3.05) is 19.9 Å². The van der Waals surface area contributed by atoms with Crippen molar-refractivity contribution in [1.82, 2.24) is 10.6 Å². The molecule has 3 fully saturated rings. The Bertz CT molecular complexity index is 896. The van der Waals surface area contributed by atoms with Gasteiger partial charge in [-0.3, -0.25) is 0 Å². The van der Waals surface area contributed by atoms with Gasteiger partial charge < -0.3 is 24.8 Å². The van der Waals surface area contributed by atoms with Crippen LogP contribution in [0.25, 0.3) is 0 Å². The van der Waals surface area contributed by atoms with Crippen molar-refractivity contribution in [1.29, 1.82) is 0 Å². The lowest BCUT2D eigenvalue weighted by Gasteiger charge is -2.42. The average Bonchev–Trinajstić information content (AvgIpc) is 2.89. The highest BCUT2D eigenvalue weighted by Crippen LogP contribution is 2.34. The minimum absolute atomic E-state index is 0.0120. The molecule has 0 bridgehead atoms. The number of rotatable bonds is 7. The SMILES string of the molecule is C#CC#CC#CC#COC1CCC(C2CNC(C3CCC(OCOC(=O)C=C)CC3)NC2)CC1. The largest absolute Gasteiger partial charge is 0.443 e. The predicted octanol–water partition coefficient (Wildman–Crippen LogP) is 2.56. The molecule has 3 aliphatic rings. The molecule has 1 saturated heterocycles. The fourth-order valence-corrected chi connectivity index (χ4v) is 5.15. The first-order valence-corrected chi connectivity index (χ1v) is 12.2. The average molecular weight is 463 g/mol. The van der Waals surface area contributed by atoms with Crippen molar-refractivity contribution in [3.8, 4) is 48.1 Å². The van der Waals surface area contributed by atoms with Crippen LogP contribution in [0.5, 0.6) is 0 Å². The predicted molar refractivity (Wildman–Crippen MR) is 130 cm³/mol. The Morgan fingerprint density at radius 3 is 2.15 bits per heavy atom. The van der Waals surface area contributed by atoms with Crippen LogP contribution in [0.4, 0.5) is 0 Å². The second-order valence-corrected chi connectivity index (χ2v) is 9.07. The number of hydrogen-bond acceptors (Lipinski definition) is 6. The zero-order valence-electron chi connectivity index (χ0n) is 19.7. The number of carbonyl (C=O) groups is 1. The van der Waals surface area contributed by atoms with Gasteiger partial charge in [-0.05, 0) is 86.9 Å². The summed E-state index contributed by atoms with van der Waals surface area (Å²) in [6.45, 7) is 5.53. The molecule has 0 aromatic heterocycles. The van der Waals surface area contributed by atoms with Gasteiger partial charge in [-0.2, -0.15) is 0 Å². The second-order valence-electron chi connectivity index (χ2n) is 9.07. The molecule has 6 heteroatoms. The number of carbonyl (C=O) groups excluding carboxylic acids is 1. The number of esters is 1. The quantitative estimate of drug-likeness (QED) is 0.262. The van der Waals surface area contributed by atoms with Crippen LogP contribution in [0.15, 0.2) is 12.7 Å². The highest BCUT2D eigenvalue weighted by molar-refractivity contribution is 5.81. The van der Waals surface area contributed by atoms with Crippen molar-refractivity contribution in [3.05, 3.63) is 12.7 Å². The summed E-state index contributed by atoms with van der Waals surface area (Å²) in [5, 5.41) is 7.53. The molecule has 6 nitrogen and oxygen atoms in total. The molecule has 0 aromatic rings. The second kappa shape index (κ2) is 14.4. The third-order valence-corrected chi connectivity index (χ3v) is 7.05. The molecule has 3 rings (SSSR count). The summed E-state index contributed by atoms with van der Waals surface area (Å²) in [5.74, 6) is 16.5. The van der Waals surface area contributed by atoms with Crippen molar-refractivity contribution in [2.45, 2.75) is 69.7 Å². The fraction of sp³-hybridized carbons (Fsp3) is 0.607. The first-order chi connectivity index (χ1) is 16.7. The summed E-state index contributed by atoms with van der Waals surface area (Å²) in [6.07, 6.45) is 18.2. The maximum Gasteiger partial charge on any atom is 0.332 e. The third kappa shape index (κ3) is 8.48. The minimum atomic E-state index is -0.443. The summed E-state index contributed by atoms with van der Waals surface area (Å²) in [6, 6.07) is 0. The van der Waals surface area contributed by atoms with E-state index >= 15 is 0 Å². The molecule has 1 aliphatic heterocycles. The van der Waals surface area contributed by atoms with Crippen molar-refractivity contribution < 1.29 is 19.0 Å². The molecule has 2 N–H and O–H groups in total. The summed E-state index contributed by atoms with van der Waals surface area (Å²) < 4.78 is 16.2. The molecule has 180 valence electrons. The van der Waals surface area contributed by atoms with Gasteiger partial charge in [0.25, 0.3) is 0 Å². The van der Waals surface area contributed by atoms with E-state index in [0.717, 1.165) is 63.6 Å². The van der Waals surface area contributed by atoms with Gasteiger partial charge in [0.2, 0.25) is 0 Å². The molecule has 2 saturated carbocycles. The molecular formula is C28H34N2O4. The van der Waals surface area contributed by atoms with E-state index in [-0.39, 0.29) is 19.0 Å². The zero-order valence-corrected chi connectivity index (χ0v) is 19.7. The molecule has 0 radical (unpaired) electrons. The Balaban J connectivity index is 1.29. The number of ether oxygens (including phenoxy) is 3. The molecule has 0 atom stereocenters. The number of hydrogen-bond donors (Lipinski definition) is 2.